The average Bonchev–Trinajstić information content (AvgIpc) is 2.59. The highest BCUT2D eigenvalue weighted by molar-refractivity contribution is 4.81. The molecule has 0 saturated carbocycles. The van der Waals surface area contributed by atoms with Crippen LogP contribution < -0.4 is 16.0 Å². The van der Waals surface area contributed by atoms with E-state index >= 15 is 0 Å². The molecule has 4 heteroatoms. The van der Waals surface area contributed by atoms with Gasteiger partial charge in [-0.2, -0.15) is 0 Å². The summed E-state index contributed by atoms with van der Waals surface area (Å²) < 4.78 is 5.40. The van der Waals surface area contributed by atoms with Crippen LogP contribution in [0.2, 0.25) is 0 Å². The van der Waals surface area contributed by atoms with Gasteiger partial charge in [0.2, 0.25) is 0 Å². The molecule has 0 bridgehead atoms. The second-order valence-corrected chi connectivity index (χ2v) is 2.63. The predicted octanol–water partition coefficient (Wildman–Crippen LogP) is -1.55. The molecule has 0 aliphatic carbocycles. The largest absolute Gasteiger partial charge is 0.359 e. The topological polar surface area (TPSA) is 45.3 Å². The summed E-state index contributed by atoms with van der Waals surface area (Å²) in [7, 11) is 0. The molecule has 1 unspecified atom stereocenters. The number of nitrogens with one attached hydrogen (secondary N) is 3. The summed E-state index contributed by atoms with van der Waals surface area (Å²) in [5.41, 5.74) is 0. The molecule has 0 radical (unpaired) electrons. The molecule has 2 rings (SSSR count). The fraction of sp³-hybridized carbons (Fsp3) is 1.00. The molecule has 2 heterocycles. The lowest BCUT2D eigenvalue weighted by Crippen LogP contribution is -2.48. The van der Waals surface area contributed by atoms with Gasteiger partial charge in [0.15, 0.2) is 0 Å². The van der Waals surface area contributed by atoms with Crippen molar-refractivity contribution >= 4 is 0 Å². The van der Waals surface area contributed by atoms with Crippen LogP contribution in [0.1, 0.15) is 0 Å². The quantitative estimate of drug-likeness (QED) is 0.416. The lowest BCUT2D eigenvalue weighted by molar-refractivity contribution is 0.0676. The van der Waals surface area contributed by atoms with E-state index in [0.717, 1.165) is 26.2 Å². The van der Waals surface area contributed by atoms with E-state index in [9.17, 15) is 0 Å². The number of rotatable bonds is 1. The summed E-state index contributed by atoms with van der Waals surface area (Å²) >= 11 is 0. The number of hydrogen-bond acceptors (Lipinski definition) is 4. The first-order valence-electron chi connectivity index (χ1n) is 3.78. The van der Waals surface area contributed by atoms with Crippen molar-refractivity contribution in [3.63, 3.8) is 0 Å². The smallest absolute Gasteiger partial charge is 0.137 e. The first-order chi connectivity index (χ1) is 4.97. The Kier molecular flexibility index (Phi) is 1.86. The number of ether oxygens (including phenoxy) is 1. The minimum absolute atomic E-state index is 0.183. The van der Waals surface area contributed by atoms with Crippen LogP contribution in [0, 0.1) is 0 Å². The Morgan fingerprint density at radius 1 is 1.00 bits per heavy atom. The highest BCUT2D eigenvalue weighted by Gasteiger charge is 2.26. The standard InChI is InChI=1S/C6H13N3O/c1-2-8-5(7-1)6-9-3-4-10-6/h5-9H,1-4H2. The van der Waals surface area contributed by atoms with E-state index in [-0.39, 0.29) is 6.23 Å². The third kappa shape index (κ3) is 1.15. The van der Waals surface area contributed by atoms with Gasteiger partial charge in [-0.25, -0.2) is 0 Å². The van der Waals surface area contributed by atoms with Gasteiger partial charge in [-0.1, -0.05) is 0 Å². The van der Waals surface area contributed by atoms with Crippen LogP contribution in [-0.2, 0) is 4.74 Å². The van der Waals surface area contributed by atoms with Crippen molar-refractivity contribution in [2.45, 2.75) is 12.4 Å². The highest BCUT2D eigenvalue weighted by Crippen LogP contribution is 2.01. The molecule has 0 amide bonds. The van der Waals surface area contributed by atoms with Crippen molar-refractivity contribution in [2.75, 3.05) is 26.2 Å². The minimum atomic E-state index is 0.183. The third-order valence-corrected chi connectivity index (χ3v) is 1.90. The molecular formula is C6H13N3O. The van der Waals surface area contributed by atoms with Crippen LogP contribution in [-0.4, -0.2) is 38.6 Å². The Morgan fingerprint density at radius 2 is 1.80 bits per heavy atom. The van der Waals surface area contributed by atoms with E-state index in [1.807, 2.05) is 0 Å². The molecule has 0 aromatic carbocycles. The second-order valence-electron chi connectivity index (χ2n) is 2.63. The molecule has 2 fully saturated rings. The molecule has 4 nitrogen and oxygen atoms in total. The third-order valence-electron chi connectivity index (χ3n) is 1.90. The molecule has 0 aromatic rings. The maximum absolute atomic E-state index is 5.40. The predicted molar refractivity (Wildman–Crippen MR) is 37.5 cm³/mol. The van der Waals surface area contributed by atoms with Gasteiger partial charge < -0.3 is 4.74 Å². The van der Waals surface area contributed by atoms with Gasteiger partial charge in [0.1, 0.15) is 6.23 Å². The average molecular weight is 143 g/mol. The Balaban J connectivity index is 1.85. The van der Waals surface area contributed by atoms with Gasteiger partial charge in [-0.05, 0) is 0 Å². The van der Waals surface area contributed by atoms with Gasteiger partial charge in [0.05, 0.1) is 12.8 Å². The summed E-state index contributed by atoms with van der Waals surface area (Å²) in [5.74, 6) is 0. The lowest BCUT2D eigenvalue weighted by Gasteiger charge is -2.17. The Morgan fingerprint density at radius 3 is 2.40 bits per heavy atom. The Hall–Kier alpha value is -0.160. The Bertz CT molecular complexity index is 93.6. The van der Waals surface area contributed by atoms with Crippen LogP contribution in [0.5, 0.6) is 0 Å². The van der Waals surface area contributed by atoms with Crippen LogP contribution in [0.25, 0.3) is 0 Å². The first-order valence-corrected chi connectivity index (χ1v) is 3.78. The second kappa shape index (κ2) is 2.84. The summed E-state index contributed by atoms with van der Waals surface area (Å²) in [5, 5.41) is 9.85. The first kappa shape index (κ1) is 6.54. The van der Waals surface area contributed by atoms with Crippen molar-refractivity contribution in [2.24, 2.45) is 0 Å². The van der Waals surface area contributed by atoms with E-state index in [1.165, 1.54) is 0 Å². The number of hydrogen-bond donors (Lipinski definition) is 3. The molecule has 3 N–H and O–H groups in total. The van der Waals surface area contributed by atoms with Crippen molar-refractivity contribution in [3.05, 3.63) is 0 Å². The van der Waals surface area contributed by atoms with E-state index in [2.05, 4.69) is 16.0 Å². The molecular weight excluding hydrogens is 130 g/mol. The van der Waals surface area contributed by atoms with E-state index in [4.69, 9.17) is 4.74 Å². The van der Waals surface area contributed by atoms with Crippen LogP contribution in [0.3, 0.4) is 0 Å². The van der Waals surface area contributed by atoms with E-state index in [1.54, 1.807) is 0 Å². The normalized spacial score (nSPS) is 35.4. The van der Waals surface area contributed by atoms with Crippen molar-refractivity contribution < 1.29 is 4.74 Å². The molecule has 0 aromatic heterocycles. The fourth-order valence-electron chi connectivity index (χ4n) is 1.40. The summed E-state index contributed by atoms with van der Waals surface area (Å²) in [6.45, 7) is 3.91. The van der Waals surface area contributed by atoms with Gasteiger partial charge in [0, 0.05) is 19.6 Å². The zero-order valence-electron chi connectivity index (χ0n) is 5.89. The highest BCUT2D eigenvalue weighted by atomic mass is 16.5. The van der Waals surface area contributed by atoms with Gasteiger partial charge >= 0.3 is 0 Å². The van der Waals surface area contributed by atoms with Gasteiger partial charge in [0.25, 0.3) is 0 Å². The van der Waals surface area contributed by atoms with Gasteiger partial charge in [-0.15, -0.1) is 0 Å². The zero-order valence-corrected chi connectivity index (χ0v) is 5.89. The molecule has 2 aliphatic rings. The SMILES string of the molecule is C1CNC(C2NCCO2)N1. The van der Waals surface area contributed by atoms with Crippen molar-refractivity contribution in [1.82, 2.24) is 16.0 Å². The molecule has 58 valence electrons. The lowest BCUT2D eigenvalue weighted by atomic mass is 10.4. The van der Waals surface area contributed by atoms with Crippen molar-refractivity contribution in [3.8, 4) is 0 Å². The molecule has 10 heavy (non-hydrogen) atoms. The van der Waals surface area contributed by atoms with Crippen LogP contribution >= 0.6 is 0 Å². The maximum Gasteiger partial charge on any atom is 0.137 e. The Labute approximate surface area is 60.3 Å². The van der Waals surface area contributed by atoms with E-state index < -0.39 is 0 Å². The zero-order chi connectivity index (χ0) is 6.81. The summed E-state index contributed by atoms with van der Waals surface area (Å²) in [4.78, 5) is 0. The molecule has 2 aliphatic heterocycles. The maximum atomic E-state index is 5.40. The fourth-order valence-corrected chi connectivity index (χ4v) is 1.40. The van der Waals surface area contributed by atoms with Crippen molar-refractivity contribution in [1.29, 1.82) is 0 Å². The summed E-state index contributed by atoms with van der Waals surface area (Å²) in [6, 6.07) is 0. The molecule has 0 spiro atoms. The minimum Gasteiger partial charge on any atom is -0.359 e. The molecule has 1 atom stereocenters. The van der Waals surface area contributed by atoms with E-state index in [0.29, 0.717) is 6.17 Å². The van der Waals surface area contributed by atoms with Gasteiger partial charge in [-0.3, -0.25) is 16.0 Å². The van der Waals surface area contributed by atoms with Crippen LogP contribution in [0.4, 0.5) is 0 Å². The molecule has 2 saturated heterocycles. The summed E-state index contributed by atoms with van der Waals surface area (Å²) in [6.07, 6.45) is 0.505. The van der Waals surface area contributed by atoms with Crippen LogP contribution in [0.15, 0.2) is 0 Å². The monoisotopic (exact) mass is 143 g/mol.